The molecule has 0 bridgehead atoms. The summed E-state index contributed by atoms with van der Waals surface area (Å²) in [5, 5.41) is 10.3. The second-order valence-electron chi connectivity index (χ2n) is 5.92. The predicted octanol–water partition coefficient (Wildman–Crippen LogP) is 2.26. The van der Waals surface area contributed by atoms with Crippen molar-refractivity contribution >= 4 is 11.7 Å². The molecule has 0 fully saturated rings. The molecule has 0 aromatic heterocycles. The number of benzene rings is 1. The first-order valence-electron chi connectivity index (χ1n) is 7.84. The summed E-state index contributed by atoms with van der Waals surface area (Å²) in [5.41, 5.74) is 0.785. The molecule has 1 atom stereocenters. The molecular formula is C18H23NO5. The Labute approximate surface area is 141 Å². The number of rotatable bonds is 7. The standard InChI is InChI=1S/C18H23NO5/c1-11(2)16(20)14-15(12-7-5-6-8-13(12)24-4)19(9-10-23-3)18(22)17(14)21/h5-8,11,15,21H,9-10H2,1-4H3. The van der Waals surface area contributed by atoms with Crippen molar-refractivity contribution in [1.29, 1.82) is 0 Å². The van der Waals surface area contributed by atoms with E-state index in [-0.39, 0.29) is 23.8 Å². The molecule has 1 aliphatic heterocycles. The van der Waals surface area contributed by atoms with Crippen LogP contribution in [-0.4, -0.2) is 49.1 Å². The number of amides is 1. The number of aliphatic hydroxyl groups excluding tert-OH is 1. The van der Waals surface area contributed by atoms with Crippen molar-refractivity contribution in [3.63, 3.8) is 0 Å². The maximum absolute atomic E-state index is 12.6. The van der Waals surface area contributed by atoms with Crippen LogP contribution in [-0.2, 0) is 14.3 Å². The van der Waals surface area contributed by atoms with E-state index >= 15 is 0 Å². The summed E-state index contributed by atoms with van der Waals surface area (Å²) in [7, 11) is 3.06. The molecule has 1 unspecified atom stereocenters. The SMILES string of the molecule is COCCN1C(=O)C(O)=C(C(=O)C(C)C)C1c1ccccc1OC. The van der Waals surface area contributed by atoms with Gasteiger partial charge in [-0.2, -0.15) is 0 Å². The van der Waals surface area contributed by atoms with Crippen molar-refractivity contribution in [2.24, 2.45) is 5.92 Å². The number of para-hydroxylation sites is 1. The van der Waals surface area contributed by atoms with Gasteiger partial charge < -0.3 is 19.5 Å². The van der Waals surface area contributed by atoms with Gasteiger partial charge in [-0.05, 0) is 6.07 Å². The molecule has 1 aromatic carbocycles. The number of ether oxygens (including phenoxy) is 2. The summed E-state index contributed by atoms with van der Waals surface area (Å²) < 4.78 is 10.4. The summed E-state index contributed by atoms with van der Waals surface area (Å²) in [6.07, 6.45) is 0. The van der Waals surface area contributed by atoms with Gasteiger partial charge in [0.1, 0.15) is 5.75 Å². The van der Waals surface area contributed by atoms with Crippen LogP contribution in [0.5, 0.6) is 5.75 Å². The highest BCUT2D eigenvalue weighted by Gasteiger charge is 2.44. The van der Waals surface area contributed by atoms with Crippen LogP contribution < -0.4 is 4.74 Å². The van der Waals surface area contributed by atoms with Gasteiger partial charge >= 0.3 is 0 Å². The molecule has 2 rings (SSSR count). The number of ketones is 1. The van der Waals surface area contributed by atoms with E-state index in [1.165, 1.54) is 19.1 Å². The first kappa shape index (κ1) is 18.0. The van der Waals surface area contributed by atoms with E-state index in [4.69, 9.17) is 9.47 Å². The third kappa shape index (κ3) is 3.14. The Morgan fingerprint density at radius 3 is 2.54 bits per heavy atom. The van der Waals surface area contributed by atoms with Gasteiger partial charge in [0.15, 0.2) is 11.5 Å². The minimum absolute atomic E-state index is 0.121. The van der Waals surface area contributed by atoms with Crippen molar-refractivity contribution in [3.05, 3.63) is 41.2 Å². The van der Waals surface area contributed by atoms with Gasteiger partial charge in [0.05, 0.1) is 25.3 Å². The van der Waals surface area contributed by atoms with Gasteiger partial charge in [-0.3, -0.25) is 9.59 Å². The molecule has 1 amide bonds. The average molecular weight is 333 g/mol. The summed E-state index contributed by atoms with van der Waals surface area (Å²) >= 11 is 0. The summed E-state index contributed by atoms with van der Waals surface area (Å²) in [4.78, 5) is 26.6. The molecule has 1 heterocycles. The van der Waals surface area contributed by atoms with E-state index in [1.54, 1.807) is 26.0 Å². The number of carbonyl (C=O) groups excluding carboxylic acids is 2. The molecule has 24 heavy (non-hydrogen) atoms. The summed E-state index contributed by atoms with van der Waals surface area (Å²) in [6, 6.07) is 6.50. The monoisotopic (exact) mass is 333 g/mol. The van der Waals surface area contributed by atoms with E-state index in [2.05, 4.69) is 0 Å². The molecule has 6 heteroatoms. The zero-order chi connectivity index (χ0) is 17.9. The van der Waals surface area contributed by atoms with E-state index in [0.717, 1.165) is 0 Å². The van der Waals surface area contributed by atoms with Gasteiger partial charge in [0.25, 0.3) is 5.91 Å². The zero-order valence-electron chi connectivity index (χ0n) is 14.4. The van der Waals surface area contributed by atoms with E-state index < -0.39 is 17.7 Å². The molecule has 0 radical (unpaired) electrons. The molecule has 1 N–H and O–H groups in total. The fourth-order valence-electron chi connectivity index (χ4n) is 2.85. The lowest BCUT2D eigenvalue weighted by Crippen LogP contribution is -2.34. The first-order chi connectivity index (χ1) is 11.4. The number of methoxy groups -OCH3 is 2. The Morgan fingerprint density at radius 1 is 1.29 bits per heavy atom. The van der Waals surface area contributed by atoms with Crippen LogP contribution in [0.2, 0.25) is 0 Å². The molecule has 1 aromatic rings. The van der Waals surface area contributed by atoms with Gasteiger partial charge in [-0.15, -0.1) is 0 Å². The van der Waals surface area contributed by atoms with Crippen molar-refractivity contribution in [2.75, 3.05) is 27.4 Å². The Morgan fingerprint density at radius 2 is 1.96 bits per heavy atom. The van der Waals surface area contributed by atoms with Crippen LogP contribution in [0.4, 0.5) is 0 Å². The number of nitrogens with zero attached hydrogens (tertiary/aromatic N) is 1. The average Bonchev–Trinajstić information content (AvgIpc) is 2.83. The van der Waals surface area contributed by atoms with Crippen LogP contribution in [0.1, 0.15) is 25.5 Å². The van der Waals surface area contributed by atoms with Crippen molar-refractivity contribution < 1.29 is 24.2 Å². The van der Waals surface area contributed by atoms with Gasteiger partial charge in [-0.1, -0.05) is 32.0 Å². The number of hydrogen-bond acceptors (Lipinski definition) is 5. The minimum Gasteiger partial charge on any atom is -0.503 e. The normalized spacial score (nSPS) is 17.8. The highest BCUT2D eigenvalue weighted by molar-refractivity contribution is 6.09. The van der Waals surface area contributed by atoms with E-state index in [1.807, 2.05) is 12.1 Å². The summed E-state index contributed by atoms with van der Waals surface area (Å²) in [6.45, 7) is 4.04. The molecule has 0 spiro atoms. The maximum Gasteiger partial charge on any atom is 0.290 e. The molecule has 1 aliphatic rings. The molecule has 0 saturated heterocycles. The smallest absolute Gasteiger partial charge is 0.290 e. The quantitative estimate of drug-likeness (QED) is 0.828. The van der Waals surface area contributed by atoms with Crippen LogP contribution in [0.3, 0.4) is 0 Å². The van der Waals surface area contributed by atoms with E-state index in [0.29, 0.717) is 17.9 Å². The highest BCUT2D eigenvalue weighted by Crippen LogP contribution is 2.41. The largest absolute Gasteiger partial charge is 0.503 e. The lowest BCUT2D eigenvalue weighted by Gasteiger charge is -2.28. The van der Waals surface area contributed by atoms with Crippen LogP contribution >= 0.6 is 0 Å². The Bertz CT molecular complexity index is 665. The second-order valence-corrected chi connectivity index (χ2v) is 5.92. The van der Waals surface area contributed by atoms with Crippen LogP contribution in [0.15, 0.2) is 35.6 Å². The summed E-state index contributed by atoms with van der Waals surface area (Å²) in [5.74, 6) is -1.08. The number of hydrogen-bond donors (Lipinski definition) is 1. The van der Waals surface area contributed by atoms with Crippen molar-refractivity contribution in [1.82, 2.24) is 4.90 Å². The molecule has 0 saturated carbocycles. The van der Waals surface area contributed by atoms with E-state index in [9.17, 15) is 14.7 Å². The van der Waals surface area contributed by atoms with Gasteiger partial charge in [0, 0.05) is 25.1 Å². The number of aliphatic hydroxyl groups is 1. The highest BCUT2D eigenvalue weighted by atomic mass is 16.5. The third-order valence-electron chi connectivity index (χ3n) is 4.06. The first-order valence-corrected chi connectivity index (χ1v) is 7.84. The third-order valence-corrected chi connectivity index (χ3v) is 4.06. The van der Waals surface area contributed by atoms with Crippen LogP contribution in [0, 0.1) is 5.92 Å². The minimum atomic E-state index is -0.682. The molecule has 0 aliphatic carbocycles. The van der Waals surface area contributed by atoms with Gasteiger partial charge in [-0.25, -0.2) is 0 Å². The molecule has 130 valence electrons. The molecule has 6 nitrogen and oxygen atoms in total. The Balaban J connectivity index is 2.58. The fraction of sp³-hybridized carbons (Fsp3) is 0.444. The van der Waals surface area contributed by atoms with Crippen molar-refractivity contribution in [3.8, 4) is 5.75 Å². The lowest BCUT2D eigenvalue weighted by atomic mass is 9.91. The molecular weight excluding hydrogens is 310 g/mol. The fourth-order valence-corrected chi connectivity index (χ4v) is 2.85. The topological polar surface area (TPSA) is 76.1 Å². The number of carbonyl (C=O) groups is 2. The Hall–Kier alpha value is -2.34. The van der Waals surface area contributed by atoms with Crippen LogP contribution in [0.25, 0.3) is 0 Å². The number of Topliss-reactive ketones (excluding diaryl/α,β-unsaturated/α-hetero) is 1. The Kier molecular flexibility index (Phi) is 5.62. The lowest BCUT2D eigenvalue weighted by molar-refractivity contribution is -0.130. The zero-order valence-corrected chi connectivity index (χ0v) is 14.4. The second kappa shape index (κ2) is 7.49. The van der Waals surface area contributed by atoms with Crippen molar-refractivity contribution in [2.45, 2.75) is 19.9 Å². The predicted molar refractivity (Wildman–Crippen MR) is 88.8 cm³/mol. The van der Waals surface area contributed by atoms with Gasteiger partial charge in [0.2, 0.25) is 0 Å². The maximum atomic E-state index is 12.6.